The number of hydrogen-bond donors (Lipinski definition) is 2. The van der Waals surface area contributed by atoms with Gasteiger partial charge in [0.25, 0.3) is 0 Å². The number of benzene rings is 1. The predicted molar refractivity (Wildman–Crippen MR) is 80.2 cm³/mol. The molecule has 0 heterocycles. The van der Waals surface area contributed by atoms with Crippen LogP contribution in [-0.4, -0.2) is 15.0 Å². The number of hydrogen-bond acceptors (Lipinski definition) is 3. The Hall–Kier alpha value is -1.07. The van der Waals surface area contributed by atoms with Crippen molar-refractivity contribution in [1.82, 2.24) is 4.72 Å². The maximum Gasteiger partial charge on any atom is 0.215 e. The number of unbranched alkanes of at least 4 members (excludes halogenated alkanes) is 1. The average Bonchev–Trinajstić information content (AvgIpc) is 2.27. The molecule has 5 heteroatoms. The summed E-state index contributed by atoms with van der Waals surface area (Å²) in [4.78, 5) is 0. The van der Waals surface area contributed by atoms with Crippen LogP contribution in [0.2, 0.25) is 0 Å². The zero-order chi connectivity index (χ0) is 14.3. The summed E-state index contributed by atoms with van der Waals surface area (Å²) >= 11 is 0. The summed E-state index contributed by atoms with van der Waals surface area (Å²) in [5.74, 6) is 0.659. The molecule has 1 rings (SSSR count). The van der Waals surface area contributed by atoms with E-state index >= 15 is 0 Å². The molecule has 1 aromatic rings. The Morgan fingerprint density at radius 2 is 2.00 bits per heavy atom. The number of rotatable bonds is 8. The van der Waals surface area contributed by atoms with E-state index < -0.39 is 10.0 Å². The first-order valence-corrected chi connectivity index (χ1v) is 8.36. The van der Waals surface area contributed by atoms with Crippen LogP contribution in [0.25, 0.3) is 0 Å². The van der Waals surface area contributed by atoms with Gasteiger partial charge in [-0.15, -0.1) is 0 Å². The van der Waals surface area contributed by atoms with Gasteiger partial charge in [-0.2, -0.15) is 0 Å². The molecule has 0 bridgehead atoms. The minimum atomic E-state index is -3.26. The molecule has 1 aromatic carbocycles. The van der Waals surface area contributed by atoms with Crippen LogP contribution in [0.4, 0.5) is 5.69 Å². The molecule has 0 fully saturated rings. The van der Waals surface area contributed by atoms with Crippen LogP contribution in [0.1, 0.15) is 38.7 Å². The Morgan fingerprint density at radius 1 is 1.26 bits per heavy atom. The van der Waals surface area contributed by atoms with Gasteiger partial charge in [0.05, 0.1) is 5.75 Å². The first-order valence-electron chi connectivity index (χ1n) is 6.71. The van der Waals surface area contributed by atoms with E-state index in [9.17, 15) is 8.42 Å². The Kier molecular flexibility index (Phi) is 6.31. The molecule has 0 unspecified atom stereocenters. The van der Waals surface area contributed by atoms with E-state index in [4.69, 9.17) is 5.73 Å². The lowest BCUT2D eigenvalue weighted by Crippen LogP contribution is -2.26. The number of nitrogens with one attached hydrogen (secondary N) is 1. The minimum Gasteiger partial charge on any atom is -0.399 e. The maximum atomic E-state index is 11.9. The van der Waals surface area contributed by atoms with Crippen molar-refractivity contribution in [3.05, 3.63) is 29.8 Å². The average molecular weight is 284 g/mol. The third kappa shape index (κ3) is 7.18. The molecule has 3 N–H and O–H groups in total. The number of nitrogen functional groups attached to an aromatic ring is 1. The van der Waals surface area contributed by atoms with Gasteiger partial charge in [0.15, 0.2) is 0 Å². The van der Waals surface area contributed by atoms with Gasteiger partial charge in [-0.25, -0.2) is 13.1 Å². The second-order valence-corrected chi connectivity index (χ2v) is 7.09. The molecule has 0 radical (unpaired) electrons. The summed E-state index contributed by atoms with van der Waals surface area (Å²) in [6.07, 6.45) is 3.07. The summed E-state index contributed by atoms with van der Waals surface area (Å²) < 4.78 is 26.3. The normalized spacial score (nSPS) is 11.9. The summed E-state index contributed by atoms with van der Waals surface area (Å²) in [7, 11) is -3.26. The van der Waals surface area contributed by atoms with Crippen LogP contribution in [0, 0.1) is 5.92 Å². The van der Waals surface area contributed by atoms with Crippen molar-refractivity contribution in [2.24, 2.45) is 5.92 Å². The highest BCUT2D eigenvalue weighted by Gasteiger charge is 2.10. The first-order chi connectivity index (χ1) is 8.89. The molecule has 0 aromatic heterocycles. The quantitative estimate of drug-likeness (QED) is 0.569. The van der Waals surface area contributed by atoms with E-state index in [2.05, 4.69) is 18.6 Å². The van der Waals surface area contributed by atoms with Gasteiger partial charge >= 0.3 is 0 Å². The fraction of sp³-hybridized carbons (Fsp3) is 0.571. The van der Waals surface area contributed by atoms with Crippen molar-refractivity contribution in [3.63, 3.8) is 0 Å². The smallest absolute Gasteiger partial charge is 0.215 e. The van der Waals surface area contributed by atoms with Gasteiger partial charge in [-0.05, 0) is 30.0 Å². The molecular formula is C14H24N2O2S. The third-order valence-corrected chi connectivity index (χ3v) is 4.20. The topological polar surface area (TPSA) is 72.2 Å². The van der Waals surface area contributed by atoms with Gasteiger partial charge in [-0.3, -0.25) is 0 Å². The standard InChI is InChI=1S/C14H24N2O2S/c1-12(2)6-3-4-9-16-19(17,18)11-13-7-5-8-14(15)10-13/h5,7-8,10,12,16H,3-4,6,9,11,15H2,1-2H3. The number of sulfonamides is 1. The SMILES string of the molecule is CC(C)CCCCNS(=O)(=O)Cc1cccc(N)c1. The molecule has 0 spiro atoms. The molecule has 108 valence electrons. The van der Waals surface area contributed by atoms with E-state index in [-0.39, 0.29) is 5.75 Å². The van der Waals surface area contributed by atoms with Crippen LogP contribution >= 0.6 is 0 Å². The molecule has 0 aliphatic carbocycles. The maximum absolute atomic E-state index is 11.9. The molecule has 0 saturated carbocycles. The lowest BCUT2D eigenvalue weighted by Gasteiger charge is -2.08. The Morgan fingerprint density at radius 3 is 2.63 bits per heavy atom. The molecule has 4 nitrogen and oxygen atoms in total. The lowest BCUT2D eigenvalue weighted by atomic mass is 10.1. The largest absolute Gasteiger partial charge is 0.399 e. The van der Waals surface area contributed by atoms with Gasteiger partial charge < -0.3 is 5.73 Å². The van der Waals surface area contributed by atoms with E-state index in [1.54, 1.807) is 24.3 Å². The molecular weight excluding hydrogens is 260 g/mol. The fourth-order valence-corrected chi connectivity index (χ4v) is 3.03. The van der Waals surface area contributed by atoms with Crippen LogP contribution < -0.4 is 10.5 Å². The highest BCUT2D eigenvalue weighted by atomic mass is 32.2. The fourth-order valence-electron chi connectivity index (χ4n) is 1.86. The van der Waals surface area contributed by atoms with Crippen molar-refractivity contribution >= 4 is 15.7 Å². The summed E-state index contributed by atoms with van der Waals surface area (Å²) in [5, 5.41) is 0. The zero-order valence-corrected chi connectivity index (χ0v) is 12.5. The van der Waals surface area contributed by atoms with Gasteiger partial charge in [-0.1, -0.05) is 38.8 Å². The van der Waals surface area contributed by atoms with E-state index in [1.807, 2.05) is 0 Å². The van der Waals surface area contributed by atoms with Gasteiger partial charge in [0.2, 0.25) is 10.0 Å². The third-order valence-electron chi connectivity index (χ3n) is 2.84. The second-order valence-electron chi connectivity index (χ2n) is 5.29. The van der Waals surface area contributed by atoms with Crippen LogP contribution in [0.3, 0.4) is 0 Å². The highest BCUT2D eigenvalue weighted by Crippen LogP contribution is 2.10. The first kappa shape index (κ1) is 16.0. The Bertz CT molecular complexity index is 484. The van der Waals surface area contributed by atoms with Crippen molar-refractivity contribution in [2.75, 3.05) is 12.3 Å². The van der Waals surface area contributed by atoms with Crippen molar-refractivity contribution in [2.45, 2.75) is 38.9 Å². The van der Waals surface area contributed by atoms with E-state index in [0.29, 0.717) is 18.2 Å². The van der Waals surface area contributed by atoms with Crippen LogP contribution in [0.15, 0.2) is 24.3 Å². The predicted octanol–water partition coefficient (Wildman–Crippen LogP) is 2.51. The second kappa shape index (κ2) is 7.50. The summed E-state index contributed by atoms with van der Waals surface area (Å²) in [6, 6.07) is 6.98. The Balaban J connectivity index is 2.36. The summed E-state index contributed by atoms with van der Waals surface area (Å²) in [6.45, 7) is 4.85. The lowest BCUT2D eigenvalue weighted by molar-refractivity contribution is 0.530. The molecule has 0 aliphatic heterocycles. The Labute approximate surface area is 116 Å². The highest BCUT2D eigenvalue weighted by molar-refractivity contribution is 7.88. The van der Waals surface area contributed by atoms with Gasteiger partial charge in [0, 0.05) is 12.2 Å². The van der Waals surface area contributed by atoms with E-state index in [1.165, 1.54) is 0 Å². The van der Waals surface area contributed by atoms with Gasteiger partial charge in [0.1, 0.15) is 0 Å². The monoisotopic (exact) mass is 284 g/mol. The molecule has 0 atom stereocenters. The summed E-state index contributed by atoms with van der Waals surface area (Å²) in [5.41, 5.74) is 6.94. The molecule has 0 saturated heterocycles. The minimum absolute atomic E-state index is 0.0117. The van der Waals surface area contributed by atoms with Crippen LogP contribution in [0.5, 0.6) is 0 Å². The van der Waals surface area contributed by atoms with Crippen molar-refractivity contribution in [3.8, 4) is 0 Å². The number of nitrogens with two attached hydrogens (primary N) is 1. The van der Waals surface area contributed by atoms with Crippen molar-refractivity contribution in [1.29, 1.82) is 0 Å². The zero-order valence-electron chi connectivity index (χ0n) is 11.7. The van der Waals surface area contributed by atoms with Crippen molar-refractivity contribution < 1.29 is 8.42 Å². The van der Waals surface area contributed by atoms with Crippen LogP contribution in [-0.2, 0) is 15.8 Å². The number of anilines is 1. The molecule has 19 heavy (non-hydrogen) atoms. The van der Waals surface area contributed by atoms with E-state index in [0.717, 1.165) is 24.8 Å². The molecule has 0 amide bonds. The molecule has 0 aliphatic rings.